The monoisotopic (exact) mass is 409 g/mol. The number of carbonyl (C=O) groups is 1. The van der Waals surface area contributed by atoms with Crippen LogP contribution in [-0.2, 0) is 4.79 Å². The Bertz CT molecular complexity index is 1260. The number of carbonyl (C=O) groups excluding carboxylic acids is 1. The largest absolute Gasteiger partial charge is 0.353 e. The Morgan fingerprint density at radius 3 is 2.73 bits per heavy atom. The molecule has 1 fully saturated rings. The molecule has 5 rings (SSSR count). The van der Waals surface area contributed by atoms with E-state index in [-0.39, 0.29) is 23.2 Å². The number of nitrogens with zero attached hydrogens (tertiary/aromatic N) is 4. The highest BCUT2D eigenvalue weighted by Crippen LogP contribution is 2.26. The minimum atomic E-state index is -0.620. The standard InChI is InChI=1S/C20H17F2N7O/c21-12-6-4-11(5-7-12)17-27-18-13-2-1-3-14(22)16(13)26-20(29(18)28-17)25-15-10-23-8-9-24-19(15)30/h1-7,15,23H,8-10H2,(H,24,30)(H,25,26)/t15-/m1/s1. The summed E-state index contributed by atoms with van der Waals surface area (Å²) in [6.07, 6.45) is 0. The second-order valence-corrected chi connectivity index (χ2v) is 6.94. The van der Waals surface area contributed by atoms with Crippen molar-refractivity contribution in [3.05, 3.63) is 54.1 Å². The first-order valence-electron chi connectivity index (χ1n) is 9.46. The van der Waals surface area contributed by atoms with Gasteiger partial charge in [-0.25, -0.2) is 18.7 Å². The quantitative estimate of drug-likeness (QED) is 0.477. The van der Waals surface area contributed by atoms with Gasteiger partial charge in [0.05, 0.1) is 0 Å². The van der Waals surface area contributed by atoms with Gasteiger partial charge in [-0.1, -0.05) is 6.07 Å². The molecule has 1 aliphatic heterocycles. The van der Waals surface area contributed by atoms with Crippen LogP contribution in [0.1, 0.15) is 0 Å². The first-order valence-corrected chi connectivity index (χ1v) is 9.46. The number of fused-ring (bicyclic) bond motifs is 3. The van der Waals surface area contributed by atoms with Gasteiger partial charge in [0.25, 0.3) is 0 Å². The van der Waals surface area contributed by atoms with E-state index >= 15 is 0 Å². The summed E-state index contributed by atoms with van der Waals surface area (Å²) in [6.45, 7) is 1.55. The van der Waals surface area contributed by atoms with E-state index in [4.69, 9.17) is 0 Å². The SMILES string of the molecule is O=C1NCCNC[C@H]1Nc1nc2c(F)cccc2c2nc(-c3ccc(F)cc3)nn12. The fourth-order valence-corrected chi connectivity index (χ4v) is 3.42. The lowest BCUT2D eigenvalue weighted by Gasteiger charge is -2.16. The maximum absolute atomic E-state index is 14.5. The fourth-order valence-electron chi connectivity index (χ4n) is 3.42. The molecule has 3 heterocycles. The van der Waals surface area contributed by atoms with Crippen LogP contribution in [0.4, 0.5) is 14.7 Å². The van der Waals surface area contributed by atoms with Crippen molar-refractivity contribution in [3.63, 3.8) is 0 Å². The molecule has 0 aliphatic carbocycles. The first kappa shape index (κ1) is 18.4. The summed E-state index contributed by atoms with van der Waals surface area (Å²) in [6, 6.07) is 9.73. The summed E-state index contributed by atoms with van der Waals surface area (Å²) in [7, 11) is 0. The van der Waals surface area contributed by atoms with Crippen LogP contribution in [0.2, 0.25) is 0 Å². The van der Waals surface area contributed by atoms with Gasteiger partial charge in [0.15, 0.2) is 11.5 Å². The van der Waals surface area contributed by atoms with E-state index in [1.54, 1.807) is 24.3 Å². The number of benzene rings is 2. The Morgan fingerprint density at radius 2 is 1.90 bits per heavy atom. The van der Waals surface area contributed by atoms with Gasteiger partial charge in [-0.3, -0.25) is 4.79 Å². The minimum Gasteiger partial charge on any atom is -0.353 e. The molecule has 1 atom stereocenters. The van der Waals surface area contributed by atoms with Crippen LogP contribution in [0.15, 0.2) is 42.5 Å². The van der Waals surface area contributed by atoms with Crippen LogP contribution < -0.4 is 16.0 Å². The highest BCUT2D eigenvalue weighted by atomic mass is 19.1. The zero-order valence-corrected chi connectivity index (χ0v) is 15.7. The van der Waals surface area contributed by atoms with E-state index in [0.717, 1.165) is 0 Å². The Balaban J connectivity index is 1.68. The Morgan fingerprint density at radius 1 is 1.07 bits per heavy atom. The molecule has 0 unspecified atom stereocenters. The molecule has 0 radical (unpaired) electrons. The van der Waals surface area contributed by atoms with Gasteiger partial charge in [0.2, 0.25) is 11.9 Å². The predicted molar refractivity (Wildman–Crippen MR) is 107 cm³/mol. The fraction of sp³-hybridized carbons (Fsp3) is 0.200. The average molecular weight is 409 g/mol. The van der Waals surface area contributed by atoms with E-state index in [1.807, 2.05) is 0 Å². The van der Waals surface area contributed by atoms with E-state index < -0.39 is 11.9 Å². The van der Waals surface area contributed by atoms with E-state index in [9.17, 15) is 13.6 Å². The summed E-state index contributed by atoms with van der Waals surface area (Å²) < 4.78 is 29.3. The molecule has 0 bridgehead atoms. The number of halogens is 2. The number of hydrogen-bond acceptors (Lipinski definition) is 6. The second-order valence-electron chi connectivity index (χ2n) is 6.94. The maximum Gasteiger partial charge on any atom is 0.243 e. The molecule has 1 saturated heterocycles. The topological polar surface area (TPSA) is 96.2 Å². The average Bonchev–Trinajstić information content (AvgIpc) is 3.10. The van der Waals surface area contributed by atoms with Crippen molar-refractivity contribution in [1.82, 2.24) is 30.2 Å². The third-order valence-electron chi connectivity index (χ3n) is 4.92. The third-order valence-corrected chi connectivity index (χ3v) is 4.92. The molecule has 1 aliphatic rings. The molecule has 0 spiro atoms. The molecule has 30 heavy (non-hydrogen) atoms. The van der Waals surface area contributed by atoms with E-state index in [1.165, 1.54) is 22.7 Å². The molecule has 10 heteroatoms. The lowest BCUT2D eigenvalue weighted by molar-refractivity contribution is -0.121. The first-order chi connectivity index (χ1) is 14.6. The highest BCUT2D eigenvalue weighted by Gasteiger charge is 2.24. The molecule has 1 amide bonds. The number of rotatable bonds is 3. The van der Waals surface area contributed by atoms with Crippen LogP contribution >= 0.6 is 0 Å². The van der Waals surface area contributed by atoms with Gasteiger partial charge in [-0.2, -0.15) is 4.52 Å². The molecule has 2 aromatic carbocycles. The van der Waals surface area contributed by atoms with Crippen LogP contribution in [0.3, 0.4) is 0 Å². The van der Waals surface area contributed by atoms with Gasteiger partial charge in [-0.15, -0.1) is 5.10 Å². The number of amides is 1. The van der Waals surface area contributed by atoms with Crippen molar-refractivity contribution in [2.75, 3.05) is 25.0 Å². The molecule has 8 nitrogen and oxygen atoms in total. The lowest BCUT2D eigenvalue weighted by atomic mass is 10.2. The number of hydrogen-bond donors (Lipinski definition) is 3. The summed E-state index contributed by atoms with van der Waals surface area (Å²) in [4.78, 5) is 21.3. The molecule has 152 valence electrons. The van der Waals surface area contributed by atoms with Crippen molar-refractivity contribution in [2.45, 2.75) is 6.04 Å². The Kier molecular flexibility index (Phi) is 4.47. The van der Waals surface area contributed by atoms with Crippen molar-refractivity contribution in [1.29, 1.82) is 0 Å². The number of nitrogens with one attached hydrogen (secondary N) is 3. The Labute approximate surface area is 169 Å². The molecule has 0 saturated carbocycles. The zero-order valence-electron chi connectivity index (χ0n) is 15.7. The number of anilines is 1. The van der Waals surface area contributed by atoms with Gasteiger partial charge < -0.3 is 16.0 Å². The van der Waals surface area contributed by atoms with Gasteiger partial charge >= 0.3 is 0 Å². The Hall–Kier alpha value is -3.66. The summed E-state index contributed by atoms with van der Waals surface area (Å²) in [5.74, 6) is -0.548. The molecule has 3 N–H and O–H groups in total. The van der Waals surface area contributed by atoms with Gasteiger partial charge in [0, 0.05) is 30.6 Å². The zero-order chi connectivity index (χ0) is 20.7. The maximum atomic E-state index is 14.5. The third kappa shape index (κ3) is 3.20. The normalized spacial score (nSPS) is 17.1. The number of para-hydroxylation sites is 1. The van der Waals surface area contributed by atoms with Crippen molar-refractivity contribution in [2.24, 2.45) is 0 Å². The van der Waals surface area contributed by atoms with Crippen LogP contribution in [0.25, 0.3) is 27.9 Å². The minimum absolute atomic E-state index is 0.118. The summed E-state index contributed by atoms with van der Waals surface area (Å²) >= 11 is 0. The van der Waals surface area contributed by atoms with E-state index in [0.29, 0.717) is 42.1 Å². The van der Waals surface area contributed by atoms with Crippen molar-refractivity contribution in [3.8, 4) is 11.4 Å². The van der Waals surface area contributed by atoms with Gasteiger partial charge in [-0.05, 0) is 36.4 Å². The molecule has 2 aromatic heterocycles. The molecular formula is C20H17F2N7O. The van der Waals surface area contributed by atoms with Crippen LogP contribution in [0.5, 0.6) is 0 Å². The van der Waals surface area contributed by atoms with Crippen molar-refractivity contribution >= 4 is 28.4 Å². The van der Waals surface area contributed by atoms with Gasteiger partial charge in [0.1, 0.15) is 23.2 Å². The molecule has 4 aromatic rings. The van der Waals surface area contributed by atoms with Crippen molar-refractivity contribution < 1.29 is 13.6 Å². The smallest absolute Gasteiger partial charge is 0.243 e. The predicted octanol–water partition coefficient (Wildman–Crippen LogP) is 1.72. The number of aromatic nitrogens is 4. The van der Waals surface area contributed by atoms with Crippen LogP contribution in [-0.4, -0.2) is 51.2 Å². The summed E-state index contributed by atoms with van der Waals surface area (Å²) in [5.41, 5.74) is 1.10. The summed E-state index contributed by atoms with van der Waals surface area (Å²) in [5, 5.41) is 14.0. The molecular weight excluding hydrogens is 392 g/mol. The highest BCUT2D eigenvalue weighted by molar-refractivity contribution is 5.93. The van der Waals surface area contributed by atoms with Crippen LogP contribution in [0, 0.1) is 11.6 Å². The van der Waals surface area contributed by atoms with E-state index in [2.05, 4.69) is 31.0 Å². The lowest BCUT2D eigenvalue weighted by Crippen LogP contribution is -2.42. The second kappa shape index (κ2) is 7.30.